The van der Waals surface area contributed by atoms with Gasteiger partial charge >= 0.3 is 0 Å². The third-order valence-corrected chi connectivity index (χ3v) is 6.25. The van der Waals surface area contributed by atoms with Crippen LogP contribution in [-0.2, 0) is 7.05 Å². The van der Waals surface area contributed by atoms with Gasteiger partial charge in [0.25, 0.3) is 0 Å². The monoisotopic (exact) mass is 391 g/mol. The van der Waals surface area contributed by atoms with E-state index in [-0.39, 0.29) is 0 Å². The summed E-state index contributed by atoms with van der Waals surface area (Å²) in [6.45, 7) is -0.144. The Morgan fingerprint density at radius 1 is 0.800 bits per heavy atom. The predicted octanol–water partition coefficient (Wildman–Crippen LogP) is 7.00. The van der Waals surface area contributed by atoms with Crippen molar-refractivity contribution in [2.24, 2.45) is 7.05 Å². The van der Waals surface area contributed by atoms with Gasteiger partial charge in [-0.15, -0.1) is 0 Å². The highest BCUT2D eigenvalue weighted by molar-refractivity contribution is 6.23. The number of nitrogens with zero attached hydrogens (tertiary/aromatic N) is 1. The maximum Gasteiger partial charge on any atom is 0.217 e. The van der Waals surface area contributed by atoms with Crippen molar-refractivity contribution in [3.63, 3.8) is 0 Å². The third-order valence-electron chi connectivity index (χ3n) is 6.25. The molecule has 0 radical (unpaired) electrons. The van der Waals surface area contributed by atoms with Crippen molar-refractivity contribution in [3.8, 4) is 11.3 Å². The van der Waals surface area contributed by atoms with E-state index in [0.29, 0.717) is 5.56 Å². The van der Waals surface area contributed by atoms with E-state index in [0.717, 1.165) is 60.4 Å². The van der Waals surface area contributed by atoms with E-state index in [1.54, 1.807) is 0 Å². The Hall–Kier alpha value is -3.65. The molecule has 0 spiro atoms. The van der Waals surface area contributed by atoms with Gasteiger partial charge in [-0.05, 0) is 47.8 Å². The van der Waals surface area contributed by atoms with Crippen molar-refractivity contribution in [2.45, 2.75) is 13.8 Å². The number of hydrogen-bond donors (Lipinski definition) is 0. The minimum atomic E-state index is -2.24. The summed E-state index contributed by atoms with van der Waals surface area (Å²) in [5.74, 6) is 0. The van der Waals surface area contributed by atoms with Gasteiger partial charge < -0.3 is 4.42 Å². The predicted molar refractivity (Wildman–Crippen MR) is 125 cm³/mol. The molecular weight excluding hydrogens is 366 g/mol. The van der Waals surface area contributed by atoms with E-state index in [2.05, 4.69) is 29.7 Å². The molecule has 2 heterocycles. The third kappa shape index (κ3) is 2.22. The summed E-state index contributed by atoms with van der Waals surface area (Å²) < 4.78 is 33.2. The zero-order chi connectivity index (χ0) is 22.9. The smallest absolute Gasteiger partial charge is 0.217 e. The van der Waals surface area contributed by atoms with Crippen LogP contribution >= 0.6 is 0 Å². The van der Waals surface area contributed by atoms with E-state index >= 15 is 0 Å². The lowest BCUT2D eigenvalue weighted by Crippen LogP contribution is -2.32. The number of hydrogen-bond acceptors (Lipinski definition) is 1. The van der Waals surface area contributed by atoms with Gasteiger partial charge in [0.05, 0.1) is 5.56 Å². The summed E-state index contributed by atoms with van der Waals surface area (Å²) in [7, 11) is 1.99. The second-order valence-corrected chi connectivity index (χ2v) is 7.87. The molecule has 6 rings (SSSR count). The normalized spacial score (nSPS) is 13.7. The molecule has 2 nitrogen and oxygen atoms in total. The largest absolute Gasteiger partial charge is 0.455 e. The fourth-order valence-electron chi connectivity index (χ4n) is 4.81. The molecule has 0 aliphatic carbocycles. The molecule has 0 fully saturated rings. The van der Waals surface area contributed by atoms with Crippen molar-refractivity contribution < 1.29 is 13.1 Å². The van der Waals surface area contributed by atoms with Gasteiger partial charge in [0.15, 0.2) is 0 Å². The molecule has 0 aliphatic rings. The maximum absolute atomic E-state index is 8.22. The number of para-hydroxylation sites is 2. The first-order valence-corrected chi connectivity index (χ1v) is 10.1. The highest BCUT2D eigenvalue weighted by Crippen LogP contribution is 2.43. The quantitative estimate of drug-likeness (QED) is 0.276. The molecule has 144 valence electrons. The van der Waals surface area contributed by atoms with Crippen LogP contribution in [-0.4, -0.2) is 0 Å². The van der Waals surface area contributed by atoms with Crippen molar-refractivity contribution in [1.82, 2.24) is 0 Å². The lowest BCUT2D eigenvalue weighted by Gasteiger charge is -2.12. The number of aryl methyl sites for hydroxylation is 3. The Labute approximate surface area is 179 Å². The van der Waals surface area contributed by atoms with Crippen LogP contribution in [0, 0.1) is 13.8 Å². The zero-order valence-corrected chi connectivity index (χ0v) is 16.9. The van der Waals surface area contributed by atoms with Crippen molar-refractivity contribution in [3.05, 3.63) is 90.0 Å². The molecule has 0 saturated heterocycles. The highest BCUT2D eigenvalue weighted by atomic mass is 16.3. The van der Waals surface area contributed by atoms with Gasteiger partial charge in [-0.2, -0.15) is 4.57 Å². The van der Waals surface area contributed by atoms with Gasteiger partial charge in [0.2, 0.25) is 11.2 Å². The van der Waals surface area contributed by atoms with Crippen molar-refractivity contribution in [2.75, 3.05) is 0 Å². The molecule has 0 aliphatic heterocycles. The summed E-state index contributed by atoms with van der Waals surface area (Å²) in [6, 6.07) is 25.9. The van der Waals surface area contributed by atoms with Crippen LogP contribution in [0.5, 0.6) is 0 Å². The van der Waals surface area contributed by atoms with Crippen molar-refractivity contribution >= 4 is 43.6 Å². The van der Waals surface area contributed by atoms with E-state index in [1.807, 2.05) is 67.7 Å². The molecular formula is C28H22NO+. The van der Waals surface area contributed by atoms with Gasteiger partial charge in [0.1, 0.15) is 18.2 Å². The topological polar surface area (TPSA) is 17.0 Å². The van der Waals surface area contributed by atoms with Crippen LogP contribution in [0.25, 0.3) is 54.9 Å². The molecule has 6 aromatic rings. The minimum Gasteiger partial charge on any atom is -0.455 e. The first-order chi connectivity index (χ1) is 15.9. The minimum absolute atomic E-state index is 0.350. The summed E-state index contributed by atoms with van der Waals surface area (Å²) >= 11 is 0. The summed E-state index contributed by atoms with van der Waals surface area (Å²) in [5, 5.41) is 5.13. The summed E-state index contributed by atoms with van der Waals surface area (Å²) in [5.41, 5.74) is 5.66. The first-order valence-electron chi connectivity index (χ1n) is 11.6. The molecule has 2 aromatic heterocycles. The Bertz CT molecular complexity index is 1730. The average molecular weight is 392 g/mol. The number of benzene rings is 4. The molecule has 0 bridgehead atoms. The molecule has 0 atom stereocenters. The molecule has 0 unspecified atom stereocenters. The van der Waals surface area contributed by atoms with E-state index in [9.17, 15) is 0 Å². The molecule has 30 heavy (non-hydrogen) atoms. The summed E-state index contributed by atoms with van der Waals surface area (Å²) in [4.78, 5) is 0. The molecule has 0 N–H and O–H groups in total. The first kappa shape index (κ1) is 14.4. The second-order valence-electron chi connectivity index (χ2n) is 7.87. The number of fused-ring (bicyclic) bond motifs is 6. The lowest BCUT2D eigenvalue weighted by molar-refractivity contribution is -0.633. The Balaban J connectivity index is 1.87. The average Bonchev–Trinajstić information content (AvgIpc) is 3.19. The second kappa shape index (κ2) is 6.17. The Morgan fingerprint density at radius 2 is 1.47 bits per heavy atom. The number of furan rings is 1. The molecule has 2 heteroatoms. The fraction of sp³-hybridized carbons (Fsp3) is 0.107. The van der Waals surface area contributed by atoms with Crippen molar-refractivity contribution in [1.29, 1.82) is 0 Å². The van der Waals surface area contributed by atoms with Crippen LogP contribution in [0.4, 0.5) is 0 Å². The van der Waals surface area contributed by atoms with Gasteiger partial charge in [0, 0.05) is 32.4 Å². The van der Waals surface area contributed by atoms with Crippen LogP contribution < -0.4 is 4.57 Å². The number of rotatable bonds is 1. The number of pyridine rings is 1. The van der Waals surface area contributed by atoms with Gasteiger partial charge in [-0.1, -0.05) is 54.6 Å². The molecule has 4 aromatic carbocycles. The SMILES string of the molecule is [2H]C([2H])([2H])c1cc(-c2c(C)c3ccccc3c3c2oc2ccccc23)[n+](C)c2ccccc12. The van der Waals surface area contributed by atoms with Crippen LogP contribution in [0.3, 0.4) is 0 Å². The van der Waals surface area contributed by atoms with E-state index in [4.69, 9.17) is 8.53 Å². The Morgan fingerprint density at radius 3 is 2.27 bits per heavy atom. The number of aromatic nitrogens is 1. The molecule has 0 saturated carbocycles. The standard InChI is InChI=1S/C28H22NO/c1-17-16-24(29(3)23-14-8-6-10-19(17)23)26-18(2)20-11-4-5-12-21(20)27-22-13-7-9-15-25(22)30-28(26)27/h4-16H,1-3H3/q+1/i1D3. The zero-order valence-electron chi connectivity index (χ0n) is 19.9. The fourth-order valence-corrected chi connectivity index (χ4v) is 4.81. The maximum atomic E-state index is 8.22. The lowest BCUT2D eigenvalue weighted by atomic mass is 9.92. The van der Waals surface area contributed by atoms with Crippen LogP contribution in [0.15, 0.2) is 83.3 Å². The van der Waals surface area contributed by atoms with E-state index in [1.165, 1.54) is 0 Å². The summed E-state index contributed by atoms with van der Waals surface area (Å²) in [6.07, 6.45) is 0. The van der Waals surface area contributed by atoms with Gasteiger partial charge in [-0.25, -0.2) is 0 Å². The molecule has 0 amide bonds. The van der Waals surface area contributed by atoms with E-state index < -0.39 is 6.85 Å². The Kier molecular flexibility index (Phi) is 2.95. The van der Waals surface area contributed by atoms with Crippen LogP contribution in [0.2, 0.25) is 0 Å². The van der Waals surface area contributed by atoms with Gasteiger partial charge in [-0.3, -0.25) is 0 Å². The van der Waals surface area contributed by atoms with Crippen LogP contribution in [0.1, 0.15) is 15.2 Å². The highest BCUT2D eigenvalue weighted by Gasteiger charge is 2.25.